The predicted molar refractivity (Wildman–Crippen MR) is 214 cm³/mol. The van der Waals surface area contributed by atoms with Crippen LogP contribution < -0.4 is 9.64 Å². The Morgan fingerprint density at radius 2 is 1.80 bits per heavy atom. The number of likely N-dealkylation sites (N-methyl/N-ethyl adjacent to an activating group) is 1. The molecular weight excluding hydrogens is 709 g/mol. The summed E-state index contributed by atoms with van der Waals surface area (Å²) >= 11 is 0. The van der Waals surface area contributed by atoms with Gasteiger partial charge in [-0.1, -0.05) is 51.1 Å². The Hall–Kier alpha value is -3.90. The number of H-pyrrole nitrogens is 1. The molecule has 6 heterocycles. The van der Waals surface area contributed by atoms with Gasteiger partial charge in [0.25, 0.3) is 0 Å². The van der Waals surface area contributed by atoms with E-state index in [1.54, 1.807) is 7.11 Å². The van der Waals surface area contributed by atoms with Gasteiger partial charge in [0.15, 0.2) is 0 Å². The molecule has 2 aromatic carbocycles. The second-order valence-electron chi connectivity index (χ2n) is 18.0. The number of rotatable bonds is 6. The van der Waals surface area contributed by atoms with Crippen molar-refractivity contribution < 1.29 is 34.0 Å². The van der Waals surface area contributed by atoms with Crippen LogP contribution in [0.25, 0.3) is 10.9 Å². The summed E-state index contributed by atoms with van der Waals surface area (Å²) in [5.41, 5.74) is 2.05. The van der Waals surface area contributed by atoms with Crippen molar-refractivity contribution in [3.8, 4) is 5.75 Å². The number of hydrogen-bond donors (Lipinski definition) is 3. The van der Waals surface area contributed by atoms with Gasteiger partial charge >= 0.3 is 11.9 Å². The lowest BCUT2D eigenvalue weighted by molar-refractivity contribution is -0.283. The molecule has 3 fully saturated rings. The number of benzene rings is 2. The average Bonchev–Trinajstić information content (AvgIpc) is 3.84. The van der Waals surface area contributed by atoms with Crippen LogP contribution in [0.3, 0.4) is 0 Å². The Morgan fingerprint density at radius 3 is 2.52 bits per heavy atom. The Bertz CT molecular complexity index is 2130. The monoisotopic (exact) mass is 766 g/mol. The number of para-hydroxylation sites is 1. The van der Waals surface area contributed by atoms with Crippen LogP contribution >= 0.6 is 0 Å². The van der Waals surface area contributed by atoms with E-state index in [9.17, 15) is 15.0 Å². The van der Waals surface area contributed by atoms with Crippen LogP contribution in [-0.4, -0.2) is 114 Å². The first kappa shape index (κ1) is 37.7. The van der Waals surface area contributed by atoms with Crippen molar-refractivity contribution in [1.82, 2.24) is 14.8 Å². The highest BCUT2D eigenvalue weighted by atomic mass is 16.7. The number of aromatic amines is 1. The van der Waals surface area contributed by atoms with Crippen LogP contribution in [0.1, 0.15) is 82.2 Å². The van der Waals surface area contributed by atoms with Crippen LogP contribution in [0, 0.1) is 17.3 Å². The largest absolute Gasteiger partial charge is 0.496 e. The number of nitrogens with zero attached hydrogens (tertiary/aromatic N) is 3. The van der Waals surface area contributed by atoms with Gasteiger partial charge in [-0.3, -0.25) is 19.4 Å². The lowest BCUT2D eigenvalue weighted by Crippen LogP contribution is -2.76. The van der Waals surface area contributed by atoms with E-state index in [1.165, 1.54) is 14.0 Å². The van der Waals surface area contributed by atoms with Gasteiger partial charge < -0.3 is 34.3 Å². The number of hydrogen-bond acceptors (Lipinski definition) is 10. The van der Waals surface area contributed by atoms with Crippen molar-refractivity contribution in [2.45, 2.75) is 101 Å². The molecule has 5 aliphatic heterocycles. The third-order valence-corrected chi connectivity index (χ3v) is 15.6. The summed E-state index contributed by atoms with van der Waals surface area (Å²) in [5.74, 6) is -2.64. The summed E-state index contributed by atoms with van der Waals surface area (Å²) in [6.45, 7) is 11.3. The topological polar surface area (TPSA) is 128 Å². The minimum Gasteiger partial charge on any atom is -0.496 e. The lowest BCUT2D eigenvalue weighted by atomic mass is 9.47. The summed E-state index contributed by atoms with van der Waals surface area (Å²) in [6, 6.07) is 11.9. The highest BCUT2D eigenvalue weighted by Gasteiger charge is 2.77. The Kier molecular flexibility index (Phi) is 8.61. The molecule has 11 heteroatoms. The van der Waals surface area contributed by atoms with E-state index in [1.807, 2.05) is 39.1 Å². The van der Waals surface area contributed by atoms with Gasteiger partial charge in [-0.05, 0) is 74.2 Å². The number of fused-ring (bicyclic) bond motifs is 6. The Morgan fingerprint density at radius 1 is 1.02 bits per heavy atom. The van der Waals surface area contributed by atoms with Crippen LogP contribution in [0.5, 0.6) is 5.75 Å². The quantitative estimate of drug-likeness (QED) is 0.179. The van der Waals surface area contributed by atoms with Crippen LogP contribution in [0.2, 0.25) is 0 Å². The normalized spacial score (nSPS) is 38.4. The fourth-order valence-electron chi connectivity index (χ4n) is 13.4. The van der Waals surface area contributed by atoms with Crippen LogP contribution in [0.15, 0.2) is 48.6 Å². The number of aliphatic hydroxyl groups is 2. The standard InChI is InChI=1S/C45H58N4O7/c1-8-41(52)23-29-24-44(40(51)55-7,37-31(15-19-48(25-29)26-41)30-13-10-11-14-34(30)46-37)33-21-32-35(22-36(33)54-6)47(5)39-43(32)17-20-49-18-12-16-42(9-2,38(43)49)27(3)45(39,53)56-28(4)50/h10-14,16,21-22,27,29,38-39,46,52-53H,8-9,15,17-20,23-26H2,1-7H3/t27-,29?,38?,39?,41+,42+,43?,44+,45+/m1/s1. The van der Waals surface area contributed by atoms with Gasteiger partial charge in [0.05, 0.1) is 19.8 Å². The molecule has 2 bridgehead atoms. The van der Waals surface area contributed by atoms with Gasteiger partial charge in [-0.25, -0.2) is 0 Å². The molecule has 0 radical (unpaired) electrons. The fraction of sp³-hybridized carbons (Fsp3) is 0.600. The zero-order valence-corrected chi connectivity index (χ0v) is 34.0. The van der Waals surface area contributed by atoms with E-state index in [0.29, 0.717) is 43.5 Å². The fourth-order valence-corrected chi connectivity index (χ4v) is 13.4. The number of anilines is 1. The number of ether oxygens (including phenoxy) is 3. The maximum Gasteiger partial charge on any atom is 0.322 e. The van der Waals surface area contributed by atoms with Gasteiger partial charge in [-0.15, -0.1) is 0 Å². The van der Waals surface area contributed by atoms with Crippen molar-refractivity contribution in [1.29, 1.82) is 0 Å². The van der Waals surface area contributed by atoms with Crippen LogP contribution in [-0.2, 0) is 36.3 Å². The average molecular weight is 767 g/mol. The molecule has 10 atom stereocenters. The SMILES string of the molecule is CC[C@]1(O)CC2CN(CCc3c([nH]c4ccccc34)[C@@](C(=O)OC)(c3cc4c(cc3OC)N(C)C3C45CCN4CC=C[C@](CC)(C45)[C@@H](C)[C@]3(O)OC(C)=O)C2)C1. The molecular formula is C45H58N4O7. The number of carbonyl (C=O) groups excluding carboxylic acids is 2. The first-order valence-corrected chi connectivity index (χ1v) is 20.7. The minimum absolute atomic E-state index is 0.00418. The van der Waals surface area contributed by atoms with Gasteiger partial charge in [0.1, 0.15) is 17.2 Å². The molecule has 11 nitrogen and oxygen atoms in total. The molecule has 3 aromatic rings. The lowest BCUT2D eigenvalue weighted by Gasteiger charge is -2.64. The number of carbonyl (C=O) groups is 2. The van der Waals surface area contributed by atoms with E-state index < -0.39 is 45.6 Å². The highest BCUT2D eigenvalue weighted by Crippen LogP contribution is 2.69. The summed E-state index contributed by atoms with van der Waals surface area (Å²) in [5, 5.41) is 26.1. The number of methoxy groups -OCH3 is 2. The van der Waals surface area contributed by atoms with Crippen molar-refractivity contribution in [2.75, 3.05) is 58.9 Å². The molecule has 1 spiro atoms. The number of aromatic nitrogens is 1. The smallest absolute Gasteiger partial charge is 0.322 e. The summed E-state index contributed by atoms with van der Waals surface area (Å²) in [7, 11) is 5.11. The maximum absolute atomic E-state index is 15.3. The first-order valence-electron chi connectivity index (χ1n) is 20.7. The Labute approximate surface area is 329 Å². The van der Waals surface area contributed by atoms with Crippen molar-refractivity contribution in [3.05, 3.63) is 70.9 Å². The molecule has 300 valence electrons. The number of nitrogens with one attached hydrogen (secondary N) is 1. The van der Waals surface area contributed by atoms with E-state index in [0.717, 1.165) is 72.4 Å². The van der Waals surface area contributed by atoms with Crippen LogP contribution in [0.4, 0.5) is 5.69 Å². The van der Waals surface area contributed by atoms with Gasteiger partial charge in [-0.2, -0.15) is 0 Å². The molecule has 9 rings (SSSR count). The van der Waals surface area contributed by atoms with Gasteiger partial charge in [0.2, 0.25) is 5.79 Å². The zero-order chi connectivity index (χ0) is 39.6. The molecule has 1 aromatic heterocycles. The van der Waals surface area contributed by atoms with E-state index in [-0.39, 0.29) is 17.9 Å². The molecule has 6 aliphatic rings. The number of piperidine rings is 1. The minimum atomic E-state index is -1.82. The van der Waals surface area contributed by atoms with Crippen molar-refractivity contribution >= 4 is 28.5 Å². The third kappa shape index (κ3) is 4.77. The molecule has 0 amide bonds. The second kappa shape index (κ2) is 12.8. The highest BCUT2D eigenvalue weighted by molar-refractivity contribution is 5.94. The molecule has 2 saturated heterocycles. The van der Waals surface area contributed by atoms with E-state index in [2.05, 4.69) is 57.0 Å². The predicted octanol–water partition coefficient (Wildman–Crippen LogP) is 5.04. The van der Waals surface area contributed by atoms with Crippen molar-refractivity contribution in [2.24, 2.45) is 17.3 Å². The molecule has 1 saturated carbocycles. The number of esters is 2. The third-order valence-electron chi connectivity index (χ3n) is 15.6. The zero-order valence-electron chi connectivity index (χ0n) is 34.0. The van der Waals surface area contributed by atoms with Crippen molar-refractivity contribution in [3.63, 3.8) is 0 Å². The molecule has 3 N–H and O–H groups in total. The summed E-state index contributed by atoms with van der Waals surface area (Å²) < 4.78 is 18.5. The maximum atomic E-state index is 15.3. The molecule has 1 aliphatic carbocycles. The Balaban J connectivity index is 1.36. The molecule has 56 heavy (non-hydrogen) atoms. The first-order chi connectivity index (χ1) is 26.8. The second-order valence-corrected chi connectivity index (χ2v) is 18.0. The molecule has 5 unspecified atom stereocenters. The van der Waals surface area contributed by atoms with E-state index in [4.69, 9.17) is 14.2 Å². The summed E-state index contributed by atoms with van der Waals surface area (Å²) in [4.78, 5) is 39.1. The van der Waals surface area contributed by atoms with E-state index >= 15 is 4.79 Å². The summed E-state index contributed by atoms with van der Waals surface area (Å²) in [6.07, 6.45) is 8.24. The van der Waals surface area contributed by atoms with Gasteiger partial charge in [0, 0.05) is 96.9 Å².